The number of amides is 3. The second-order valence-corrected chi connectivity index (χ2v) is 6.41. The zero-order chi connectivity index (χ0) is 23.0. The van der Waals surface area contributed by atoms with Crippen LogP contribution in [0.1, 0.15) is 16.1 Å². The molecule has 3 N–H and O–H groups in total. The fourth-order valence-electron chi connectivity index (χ4n) is 2.56. The molecule has 0 radical (unpaired) electrons. The molecule has 12 nitrogen and oxygen atoms in total. The van der Waals surface area contributed by atoms with E-state index in [1.807, 2.05) is 0 Å². The first-order valence-electron chi connectivity index (χ1n) is 9.01. The van der Waals surface area contributed by atoms with Crippen molar-refractivity contribution < 1.29 is 28.8 Å². The van der Waals surface area contributed by atoms with E-state index < -0.39 is 28.6 Å². The Morgan fingerprint density at radius 3 is 2.45 bits per heavy atom. The third-order valence-corrected chi connectivity index (χ3v) is 4.09. The highest BCUT2D eigenvalue weighted by molar-refractivity contribution is 6.03. The first kappa shape index (κ1) is 23.1. The number of nitro groups is 1. The molecule has 1 heterocycles. The van der Waals surface area contributed by atoms with Gasteiger partial charge in [-0.1, -0.05) is 12.1 Å². The normalized spacial score (nSPS) is 10.1. The summed E-state index contributed by atoms with van der Waals surface area (Å²) in [6, 6.07) is 7.65. The molecule has 164 valence electrons. The van der Waals surface area contributed by atoms with E-state index in [0.717, 1.165) is 6.07 Å². The molecule has 2 rings (SSSR count). The number of hydrogen-bond acceptors (Lipinski definition) is 7. The van der Waals surface area contributed by atoms with Crippen molar-refractivity contribution in [3.05, 3.63) is 57.9 Å². The summed E-state index contributed by atoms with van der Waals surface area (Å²) < 4.78 is 5.73. The number of anilines is 1. The first-order chi connectivity index (χ1) is 14.7. The average Bonchev–Trinajstić information content (AvgIpc) is 3.13. The van der Waals surface area contributed by atoms with Crippen LogP contribution in [0.3, 0.4) is 0 Å². The maximum absolute atomic E-state index is 12.4. The quantitative estimate of drug-likeness (QED) is 0.289. The van der Waals surface area contributed by atoms with Crippen molar-refractivity contribution in [2.45, 2.75) is 6.42 Å². The van der Waals surface area contributed by atoms with Gasteiger partial charge in [0.25, 0.3) is 11.6 Å². The minimum Gasteiger partial charge on any atom is -0.468 e. The second kappa shape index (κ2) is 10.5. The molecule has 0 unspecified atom stereocenters. The van der Waals surface area contributed by atoms with Crippen LogP contribution in [0.2, 0.25) is 0 Å². The molecule has 31 heavy (non-hydrogen) atoms. The van der Waals surface area contributed by atoms with E-state index in [1.54, 1.807) is 24.3 Å². The number of rotatable bonds is 9. The van der Waals surface area contributed by atoms with E-state index in [9.17, 15) is 29.3 Å². The highest BCUT2D eigenvalue weighted by atomic mass is 16.6. The molecule has 1 aromatic heterocycles. The van der Waals surface area contributed by atoms with Crippen LogP contribution in [0.15, 0.2) is 36.5 Å². The van der Waals surface area contributed by atoms with Gasteiger partial charge in [0.1, 0.15) is 12.2 Å². The maximum Gasteiger partial charge on any atom is 0.325 e. The molecule has 0 bridgehead atoms. The Labute approximate surface area is 176 Å². The standard InChI is InChI=1S/C19H21N5O7/c1-23-11-14(24(29)30)8-15(23)19(28)22-13-5-3-4-12(6-13)7-16(25)20-9-17(26)21-10-18(27)31-2/h3-6,8,11H,7,9-10H2,1-2H3,(H,20,25)(H,21,26)(H,22,28). The van der Waals surface area contributed by atoms with Gasteiger partial charge < -0.3 is 25.3 Å². The van der Waals surface area contributed by atoms with Crippen molar-refractivity contribution in [2.75, 3.05) is 25.5 Å². The number of aryl methyl sites for hydroxylation is 1. The van der Waals surface area contributed by atoms with Gasteiger partial charge in [-0.15, -0.1) is 0 Å². The Morgan fingerprint density at radius 2 is 1.81 bits per heavy atom. The molecular weight excluding hydrogens is 410 g/mol. The van der Waals surface area contributed by atoms with E-state index in [1.165, 1.54) is 24.9 Å². The summed E-state index contributed by atoms with van der Waals surface area (Å²) in [7, 11) is 2.71. The molecule has 0 aliphatic rings. The predicted molar refractivity (Wildman–Crippen MR) is 108 cm³/mol. The molecule has 2 aromatic rings. The summed E-state index contributed by atoms with van der Waals surface area (Å²) in [6.45, 7) is -0.601. The van der Waals surface area contributed by atoms with Gasteiger partial charge in [0, 0.05) is 18.8 Å². The van der Waals surface area contributed by atoms with E-state index in [0.29, 0.717) is 11.3 Å². The Balaban J connectivity index is 1.91. The lowest BCUT2D eigenvalue weighted by atomic mass is 10.1. The van der Waals surface area contributed by atoms with Gasteiger partial charge in [-0.3, -0.25) is 29.3 Å². The molecule has 0 aliphatic carbocycles. The highest BCUT2D eigenvalue weighted by Crippen LogP contribution is 2.18. The van der Waals surface area contributed by atoms with E-state index >= 15 is 0 Å². The molecule has 0 atom stereocenters. The maximum atomic E-state index is 12.4. The monoisotopic (exact) mass is 431 g/mol. The molecule has 12 heteroatoms. The fraction of sp³-hybridized carbons (Fsp3) is 0.263. The summed E-state index contributed by atoms with van der Waals surface area (Å²) in [5.41, 5.74) is 0.875. The molecule has 0 saturated heterocycles. The Bertz CT molecular complexity index is 1010. The Kier molecular flexibility index (Phi) is 7.83. The minimum atomic E-state index is -0.608. The van der Waals surface area contributed by atoms with Crippen molar-refractivity contribution >= 4 is 35.1 Å². The topological polar surface area (TPSA) is 162 Å². The highest BCUT2D eigenvalue weighted by Gasteiger charge is 2.18. The summed E-state index contributed by atoms with van der Waals surface area (Å²) in [6.07, 6.45) is 1.18. The van der Waals surface area contributed by atoms with Gasteiger partial charge in [-0.05, 0) is 17.7 Å². The summed E-state index contributed by atoms with van der Waals surface area (Å²) >= 11 is 0. The second-order valence-electron chi connectivity index (χ2n) is 6.41. The number of ether oxygens (including phenoxy) is 1. The van der Waals surface area contributed by atoms with Gasteiger partial charge in [0.05, 0.1) is 31.2 Å². The van der Waals surface area contributed by atoms with Crippen LogP contribution >= 0.6 is 0 Å². The number of nitrogens with zero attached hydrogens (tertiary/aromatic N) is 2. The average molecular weight is 431 g/mol. The number of benzene rings is 1. The molecule has 0 spiro atoms. The summed E-state index contributed by atoms with van der Waals surface area (Å²) in [5.74, 6) is -2.13. The lowest BCUT2D eigenvalue weighted by Gasteiger charge is -2.09. The van der Waals surface area contributed by atoms with Crippen LogP contribution in [-0.2, 0) is 32.6 Å². The van der Waals surface area contributed by atoms with Crippen LogP contribution in [0, 0.1) is 10.1 Å². The molecular formula is C19H21N5O7. The molecule has 0 saturated carbocycles. The van der Waals surface area contributed by atoms with E-state index in [2.05, 4.69) is 20.7 Å². The molecule has 0 fully saturated rings. The van der Waals surface area contributed by atoms with Crippen molar-refractivity contribution in [1.29, 1.82) is 0 Å². The number of methoxy groups -OCH3 is 1. The van der Waals surface area contributed by atoms with Crippen molar-refractivity contribution in [3.63, 3.8) is 0 Å². The fourth-order valence-corrected chi connectivity index (χ4v) is 2.56. The number of carbonyl (C=O) groups is 4. The smallest absolute Gasteiger partial charge is 0.325 e. The van der Waals surface area contributed by atoms with E-state index in [4.69, 9.17) is 0 Å². The Hall–Kier alpha value is -4.22. The summed E-state index contributed by atoms with van der Waals surface area (Å²) in [5, 5.41) is 18.2. The zero-order valence-electron chi connectivity index (χ0n) is 16.8. The van der Waals surface area contributed by atoms with Crippen LogP contribution in [0.25, 0.3) is 0 Å². The number of nitrogens with one attached hydrogen (secondary N) is 3. The minimum absolute atomic E-state index is 0.0520. The van der Waals surface area contributed by atoms with Crippen LogP contribution in [0.5, 0.6) is 0 Å². The van der Waals surface area contributed by atoms with E-state index in [-0.39, 0.29) is 30.9 Å². The number of carbonyl (C=O) groups excluding carboxylic acids is 4. The van der Waals surface area contributed by atoms with Crippen molar-refractivity contribution in [1.82, 2.24) is 15.2 Å². The van der Waals surface area contributed by atoms with Crippen molar-refractivity contribution in [2.24, 2.45) is 7.05 Å². The van der Waals surface area contributed by atoms with Crippen LogP contribution < -0.4 is 16.0 Å². The van der Waals surface area contributed by atoms with Gasteiger partial charge in [0.2, 0.25) is 11.8 Å². The lowest BCUT2D eigenvalue weighted by molar-refractivity contribution is -0.384. The van der Waals surface area contributed by atoms with Crippen LogP contribution in [0.4, 0.5) is 11.4 Å². The Morgan fingerprint density at radius 1 is 1.10 bits per heavy atom. The van der Waals surface area contributed by atoms with Gasteiger partial charge in [-0.2, -0.15) is 0 Å². The lowest BCUT2D eigenvalue weighted by Crippen LogP contribution is -2.39. The SMILES string of the molecule is COC(=O)CNC(=O)CNC(=O)Cc1cccc(NC(=O)c2cc([N+](=O)[O-])cn2C)c1. The van der Waals surface area contributed by atoms with Gasteiger partial charge in [0.15, 0.2) is 0 Å². The zero-order valence-corrected chi connectivity index (χ0v) is 16.8. The largest absolute Gasteiger partial charge is 0.468 e. The van der Waals surface area contributed by atoms with Crippen LogP contribution in [-0.4, -0.2) is 53.4 Å². The number of hydrogen-bond donors (Lipinski definition) is 3. The molecule has 0 aliphatic heterocycles. The number of esters is 1. The molecule has 3 amide bonds. The number of aromatic nitrogens is 1. The molecule has 1 aromatic carbocycles. The first-order valence-corrected chi connectivity index (χ1v) is 9.01. The third kappa shape index (κ3) is 6.96. The van der Waals surface area contributed by atoms with Crippen molar-refractivity contribution in [3.8, 4) is 0 Å². The third-order valence-electron chi connectivity index (χ3n) is 4.09. The summed E-state index contributed by atoms with van der Waals surface area (Å²) in [4.78, 5) is 57.2. The predicted octanol–water partition coefficient (Wildman–Crippen LogP) is 0.134. The van der Waals surface area contributed by atoms with Gasteiger partial charge >= 0.3 is 5.97 Å². The van der Waals surface area contributed by atoms with Gasteiger partial charge in [-0.25, -0.2) is 0 Å².